The fraction of sp³-hybridized carbons (Fsp3) is 0.280. The van der Waals surface area contributed by atoms with Crippen LogP contribution in [0.3, 0.4) is 0 Å². The minimum absolute atomic E-state index is 0.00330. The van der Waals surface area contributed by atoms with Gasteiger partial charge in [-0.25, -0.2) is 4.98 Å². The normalized spacial score (nSPS) is 12.6. The van der Waals surface area contributed by atoms with Gasteiger partial charge >= 0.3 is 0 Å². The number of nitrogens with zero attached hydrogens (tertiary/aromatic N) is 1. The van der Waals surface area contributed by atoms with E-state index in [9.17, 15) is 9.59 Å². The minimum Gasteiger partial charge on any atom is -0.384 e. The number of carbonyl (C=O) groups is 2. The van der Waals surface area contributed by atoms with Crippen LogP contribution in [0.4, 0.5) is 0 Å². The highest BCUT2D eigenvalue weighted by Crippen LogP contribution is 2.10. The van der Waals surface area contributed by atoms with Gasteiger partial charge in [-0.05, 0) is 30.4 Å². The molecule has 0 saturated carbocycles. The standard InChI is InChI=1S/C25H30N6O2/c26-21(12-8-17-4-2-1-3-5-17)25(33)31-22(14-20-15-29-16-30-20)23(32)13-9-18-6-10-19(11-7-18)24(27)28/h1-7,10-11,15-16,21-22H,8-9,12-14,26H2,(H3,27,28)(H,29,30)(H,31,33)/t21-,22+/m1/s1. The highest BCUT2D eigenvalue weighted by molar-refractivity contribution is 5.95. The van der Waals surface area contributed by atoms with E-state index in [-0.39, 0.29) is 23.9 Å². The van der Waals surface area contributed by atoms with Gasteiger partial charge in [0.1, 0.15) is 5.84 Å². The number of hydrogen-bond acceptors (Lipinski definition) is 5. The summed E-state index contributed by atoms with van der Waals surface area (Å²) in [6.07, 6.45) is 5.46. The molecular formula is C25H30N6O2. The van der Waals surface area contributed by atoms with Crippen LogP contribution in [0.25, 0.3) is 0 Å². The van der Waals surface area contributed by atoms with E-state index in [0.717, 1.165) is 16.8 Å². The number of imidazole rings is 1. The molecule has 2 atom stereocenters. The third-order valence-corrected chi connectivity index (χ3v) is 5.53. The average Bonchev–Trinajstić information content (AvgIpc) is 3.34. The SMILES string of the molecule is N=C(N)c1ccc(CCC(=O)[C@H](Cc2cnc[nH]2)NC(=O)[C@H](N)CCc2ccccc2)cc1. The number of H-pyrrole nitrogens is 1. The van der Waals surface area contributed by atoms with Crippen molar-refractivity contribution in [3.8, 4) is 0 Å². The third-order valence-electron chi connectivity index (χ3n) is 5.53. The summed E-state index contributed by atoms with van der Waals surface area (Å²) in [4.78, 5) is 32.7. The van der Waals surface area contributed by atoms with Crippen molar-refractivity contribution < 1.29 is 9.59 Å². The van der Waals surface area contributed by atoms with Crippen molar-refractivity contribution in [1.29, 1.82) is 5.41 Å². The zero-order valence-corrected chi connectivity index (χ0v) is 18.5. The van der Waals surface area contributed by atoms with E-state index in [2.05, 4.69) is 15.3 Å². The number of amidine groups is 1. The van der Waals surface area contributed by atoms with Crippen LogP contribution >= 0.6 is 0 Å². The molecule has 0 aliphatic rings. The van der Waals surface area contributed by atoms with E-state index in [1.807, 2.05) is 42.5 Å². The smallest absolute Gasteiger partial charge is 0.237 e. The van der Waals surface area contributed by atoms with Gasteiger partial charge in [0.2, 0.25) is 5.91 Å². The summed E-state index contributed by atoms with van der Waals surface area (Å²) >= 11 is 0. The number of ketones is 1. The molecule has 1 amide bonds. The lowest BCUT2D eigenvalue weighted by Gasteiger charge is -2.20. The van der Waals surface area contributed by atoms with Crippen LogP contribution < -0.4 is 16.8 Å². The van der Waals surface area contributed by atoms with Crippen molar-refractivity contribution in [1.82, 2.24) is 15.3 Å². The summed E-state index contributed by atoms with van der Waals surface area (Å²) in [5, 5.41) is 10.3. The topological polar surface area (TPSA) is 151 Å². The second kappa shape index (κ2) is 11.7. The van der Waals surface area contributed by atoms with Gasteiger partial charge in [0.25, 0.3) is 0 Å². The molecule has 8 heteroatoms. The summed E-state index contributed by atoms with van der Waals surface area (Å²) in [5.74, 6) is -0.415. The van der Waals surface area contributed by atoms with Crippen molar-refractivity contribution in [3.05, 3.63) is 89.5 Å². The van der Waals surface area contributed by atoms with E-state index >= 15 is 0 Å². The molecule has 172 valence electrons. The van der Waals surface area contributed by atoms with E-state index in [0.29, 0.717) is 31.2 Å². The number of aromatic nitrogens is 2. The Morgan fingerprint density at radius 3 is 2.36 bits per heavy atom. The molecule has 7 N–H and O–H groups in total. The zero-order valence-electron chi connectivity index (χ0n) is 18.5. The maximum absolute atomic E-state index is 13.0. The number of Topliss-reactive ketones (excluding diaryl/α,β-unsaturated/α-hetero) is 1. The van der Waals surface area contributed by atoms with Gasteiger partial charge in [0, 0.05) is 30.3 Å². The molecule has 0 spiro atoms. The van der Waals surface area contributed by atoms with Gasteiger partial charge in [-0.2, -0.15) is 0 Å². The van der Waals surface area contributed by atoms with Crippen molar-refractivity contribution in [2.24, 2.45) is 11.5 Å². The number of aromatic amines is 1. The maximum atomic E-state index is 13.0. The van der Waals surface area contributed by atoms with E-state index in [1.54, 1.807) is 24.7 Å². The lowest BCUT2D eigenvalue weighted by molar-refractivity contribution is -0.128. The molecule has 0 aliphatic heterocycles. The van der Waals surface area contributed by atoms with Crippen LogP contribution in [-0.4, -0.2) is 39.6 Å². The molecule has 8 nitrogen and oxygen atoms in total. The second-order valence-corrected chi connectivity index (χ2v) is 8.05. The summed E-state index contributed by atoms with van der Waals surface area (Å²) in [7, 11) is 0. The highest BCUT2D eigenvalue weighted by Gasteiger charge is 2.24. The van der Waals surface area contributed by atoms with Crippen LogP contribution in [0.1, 0.15) is 35.2 Å². The fourth-order valence-electron chi connectivity index (χ4n) is 3.53. The summed E-state index contributed by atoms with van der Waals surface area (Å²) < 4.78 is 0. The van der Waals surface area contributed by atoms with Gasteiger partial charge in [0.05, 0.1) is 18.4 Å². The Morgan fingerprint density at radius 2 is 1.73 bits per heavy atom. The molecule has 1 heterocycles. The zero-order chi connectivity index (χ0) is 23.6. The first-order valence-corrected chi connectivity index (χ1v) is 11.0. The number of aryl methyl sites for hydroxylation is 2. The van der Waals surface area contributed by atoms with Crippen LogP contribution in [-0.2, 0) is 28.9 Å². The third kappa shape index (κ3) is 7.40. The van der Waals surface area contributed by atoms with E-state index < -0.39 is 12.1 Å². The Balaban J connectivity index is 1.59. The second-order valence-electron chi connectivity index (χ2n) is 8.05. The molecule has 0 fully saturated rings. The largest absolute Gasteiger partial charge is 0.384 e. The molecule has 0 saturated heterocycles. The number of carbonyl (C=O) groups excluding carboxylic acids is 2. The number of nitrogens with two attached hydrogens (primary N) is 2. The molecule has 2 aromatic carbocycles. The first-order valence-electron chi connectivity index (χ1n) is 11.0. The average molecular weight is 447 g/mol. The quantitative estimate of drug-likeness (QED) is 0.213. The van der Waals surface area contributed by atoms with Gasteiger partial charge in [0.15, 0.2) is 5.78 Å². The van der Waals surface area contributed by atoms with Crippen LogP contribution in [0, 0.1) is 5.41 Å². The minimum atomic E-state index is -0.707. The molecule has 1 aromatic heterocycles. The molecule has 0 aliphatic carbocycles. The molecule has 0 unspecified atom stereocenters. The van der Waals surface area contributed by atoms with Crippen molar-refractivity contribution in [2.45, 2.75) is 44.2 Å². The van der Waals surface area contributed by atoms with Gasteiger partial charge in [-0.3, -0.25) is 15.0 Å². The summed E-state index contributed by atoms with van der Waals surface area (Å²) in [5.41, 5.74) is 15.1. The number of rotatable bonds is 12. The fourth-order valence-corrected chi connectivity index (χ4v) is 3.53. The van der Waals surface area contributed by atoms with Crippen LogP contribution in [0.15, 0.2) is 67.1 Å². The molecule has 0 radical (unpaired) electrons. The number of hydrogen-bond donors (Lipinski definition) is 5. The van der Waals surface area contributed by atoms with Gasteiger partial charge in [-0.1, -0.05) is 54.6 Å². The molecule has 33 heavy (non-hydrogen) atoms. The van der Waals surface area contributed by atoms with Crippen LogP contribution in [0.2, 0.25) is 0 Å². The highest BCUT2D eigenvalue weighted by atomic mass is 16.2. The Labute approximate surface area is 193 Å². The van der Waals surface area contributed by atoms with E-state index in [1.165, 1.54) is 0 Å². The Kier molecular flexibility index (Phi) is 8.49. The number of benzene rings is 2. The lowest BCUT2D eigenvalue weighted by atomic mass is 9.98. The predicted octanol–water partition coefficient (Wildman–Crippen LogP) is 1.88. The molecule has 3 aromatic rings. The van der Waals surface area contributed by atoms with Crippen molar-refractivity contribution >= 4 is 17.5 Å². The number of nitrogens with one attached hydrogen (secondary N) is 3. The Morgan fingerprint density at radius 1 is 1.03 bits per heavy atom. The molecule has 0 bridgehead atoms. The number of nitrogen functional groups attached to an aromatic ring is 1. The Hall–Kier alpha value is -3.78. The maximum Gasteiger partial charge on any atom is 0.237 e. The first kappa shape index (κ1) is 23.9. The molecular weight excluding hydrogens is 416 g/mol. The van der Waals surface area contributed by atoms with Gasteiger partial charge in [-0.15, -0.1) is 0 Å². The summed E-state index contributed by atoms with van der Waals surface area (Å²) in [6.45, 7) is 0. The first-order chi connectivity index (χ1) is 15.9. The summed E-state index contributed by atoms with van der Waals surface area (Å²) in [6, 6.07) is 15.7. The van der Waals surface area contributed by atoms with Crippen molar-refractivity contribution in [2.75, 3.05) is 0 Å². The van der Waals surface area contributed by atoms with E-state index in [4.69, 9.17) is 16.9 Å². The molecule has 3 rings (SSSR count). The number of amides is 1. The van der Waals surface area contributed by atoms with Gasteiger partial charge < -0.3 is 21.8 Å². The Bertz CT molecular complexity index is 1050. The predicted molar refractivity (Wildman–Crippen MR) is 128 cm³/mol. The van der Waals surface area contributed by atoms with Crippen molar-refractivity contribution in [3.63, 3.8) is 0 Å². The lowest BCUT2D eigenvalue weighted by Crippen LogP contribution is -2.49. The van der Waals surface area contributed by atoms with Crippen LogP contribution in [0.5, 0.6) is 0 Å². The monoisotopic (exact) mass is 446 g/mol.